The summed E-state index contributed by atoms with van der Waals surface area (Å²) in [5, 5.41) is 14.1. The lowest BCUT2D eigenvalue weighted by atomic mass is 10.1. The Labute approximate surface area is 112 Å². The number of hydrogen-bond donors (Lipinski definition) is 0. The van der Waals surface area contributed by atoms with Gasteiger partial charge in [0, 0.05) is 11.3 Å². The van der Waals surface area contributed by atoms with Crippen LogP contribution in [-0.2, 0) is 0 Å². The van der Waals surface area contributed by atoms with Crippen LogP contribution in [0.15, 0.2) is 34.8 Å². The number of hydrogen-bond acceptors (Lipinski definition) is 4. The maximum atomic E-state index is 5.99. The van der Waals surface area contributed by atoms with Crippen LogP contribution in [0.5, 0.6) is 0 Å². The number of aromatic nitrogens is 3. The fraction of sp³-hybridized carbons (Fsp3) is 0.100. The SMILES string of the molecule is Clc1ccc(C2=Nn3cnnc3SC2)cc1Cl. The zero-order valence-corrected chi connectivity index (χ0v) is 10.8. The van der Waals surface area contributed by atoms with Crippen molar-refractivity contribution in [2.24, 2.45) is 5.10 Å². The van der Waals surface area contributed by atoms with E-state index in [4.69, 9.17) is 23.2 Å². The van der Waals surface area contributed by atoms with Crippen LogP contribution in [0.2, 0.25) is 10.0 Å². The van der Waals surface area contributed by atoms with E-state index < -0.39 is 0 Å². The molecule has 86 valence electrons. The second kappa shape index (κ2) is 4.33. The summed E-state index contributed by atoms with van der Waals surface area (Å²) in [6, 6.07) is 5.50. The molecule has 3 rings (SSSR count). The molecule has 1 aromatic heterocycles. The molecule has 0 saturated carbocycles. The lowest BCUT2D eigenvalue weighted by Gasteiger charge is -2.12. The number of nitrogens with zero attached hydrogens (tertiary/aromatic N) is 4. The molecule has 1 aliphatic heterocycles. The molecule has 1 aliphatic rings. The van der Waals surface area contributed by atoms with E-state index in [1.807, 2.05) is 12.1 Å². The molecule has 0 N–H and O–H groups in total. The van der Waals surface area contributed by atoms with E-state index in [0.29, 0.717) is 10.0 Å². The Bertz CT molecular complexity index is 608. The highest BCUT2D eigenvalue weighted by Crippen LogP contribution is 2.26. The highest BCUT2D eigenvalue weighted by Gasteiger charge is 2.16. The van der Waals surface area contributed by atoms with Crippen LogP contribution in [0.25, 0.3) is 0 Å². The van der Waals surface area contributed by atoms with Gasteiger partial charge in [0.05, 0.1) is 15.8 Å². The number of benzene rings is 1. The van der Waals surface area contributed by atoms with Gasteiger partial charge in [0.25, 0.3) is 0 Å². The molecule has 0 radical (unpaired) electrons. The van der Waals surface area contributed by atoms with E-state index >= 15 is 0 Å². The predicted octanol–water partition coefficient (Wildman–Crippen LogP) is 2.94. The fourth-order valence-electron chi connectivity index (χ4n) is 1.49. The second-order valence-corrected chi connectivity index (χ2v) is 5.18. The van der Waals surface area contributed by atoms with Crippen LogP contribution < -0.4 is 0 Å². The summed E-state index contributed by atoms with van der Waals surface area (Å²) in [6.07, 6.45) is 1.58. The zero-order chi connectivity index (χ0) is 11.8. The molecule has 0 atom stereocenters. The Kier molecular flexibility index (Phi) is 2.82. The molecule has 0 aliphatic carbocycles. The van der Waals surface area contributed by atoms with Crippen molar-refractivity contribution in [3.63, 3.8) is 0 Å². The highest BCUT2D eigenvalue weighted by atomic mass is 35.5. The minimum absolute atomic E-state index is 0.534. The molecule has 2 heterocycles. The maximum absolute atomic E-state index is 5.99. The standard InChI is InChI=1S/C10H6Cl2N4S/c11-7-2-1-6(3-8(7)12)9-4-17-10-14-13-5-16(10)15-9/h1-3,5H,4H2. The summed E-state index contributed by atoms with van der Waals surface area (Å²) >= 11 is 13.5. The summed E-state index contributed by atoms with van der Waals surface area (Å²) in [5.41, 5.74) is 1.90. The van der Waals surface area contributed by atoms with Crippen LogP contribution in [0.3, 0.4) is 0 Å². The molecule has 17 heavy (non-hydrogen) atoms. The van der Waals surface area contributed by atoms with Crippen LogP contribution in [0, 0.1) is 0 Å². The predicted molar refractivity (Wildman–Crippen MR) is 69.1 cm³/mol. The van der Waals surface area contributed by atoms with Gasteiger partial charge in [-0.3, -0.25) is 0 Å². The normalized spacial score (nSPS) is 14.4. The maximum Gasteiger partial charge on any atom is 0.212 e. The van der Waals surface area contributed by atoms with E-state index in [9.17, 15) is 0 Å². The second-order valence-electron chi connectivity index (χ2n) is 3.42. The van der Waals surface area contributed by atoms with E-state index in [2.05, 4.69) is 15.3 Å². The van der Waals surface area contributed by atoms with Gasteiger partial charge in [-0.2, -0.15) is 9.78 Å². The summed E-state index contributed by atoms with van der Waals surface area (Å²) in [7, 11) is 0. The first-order valence-electron chi connectivity index (χ1n) is 4.80. The molecule has 2 aromatic rings. The van der Waals surface area contributed by atoms with Crippen LogP contribution in [0.4, 0.5) is 0 Å². The fourth-order valence-corrected chi connectivity index (χ4v) is 2.60. The van der Waals surface area contributed by atoms with Crippen LogP contribution >= 0.6 is 35.0 Å². The lowest BCUT2D eigenvalue weighted by Crippen LogP contribution is -2.12. The summed E-state index contributed by atoms with van der Waals surface area (Å²) in [4.78, 5) is 0. The summed E-state index contributed by atoms with van der Waals surface area (Å²) in [5.74, 6) is 0.747. The third-order valence-corrected chi connectivity index (χ3v) is 4.00. The first-order chi connectivity index (χ1) is 8.24. The smallest absolute Gasteiger partial charge is 0.194 e. The first kappa shape index (κ1) is 11.1. The van der Waals surface area contributed by atoms with Gasteiger partial charge in [0.1, 0.15) is 6.33 Å². The van der Waals surface area contributed by atoms with Crippen LogP contribution in [-0.4, -0.2) is 26.3 Å². The topological polar surface area (TPSA) is 43.1 Å². The minimum atomic E-state index is 0.534. The highest BCUT2D eigenvalue weighted by molar-refractivity contribution is 7.99. The molecule has 0 bridgehead atoms. The molecule has 4 nitrogen and oxygen atoms in total. The Hall–Kier alpha value is -1.04. The third-order valence-electron chi connectivity index (χ3n) is 2.32. The van der Waals surface area contributed by atoms with Gasteiger partial charge in [-0.1, -0.05) is 41.0 Å². The van der Waals surface area contributed by atoms with Crippen molar-refractivity contribution >= 4 is 40.7 Å². The molecule has 1 aromatic carbocycles. The molecule has 0 amide bonds. The molecular formula is C10H6Cl2N4S. The van der Waals surface area contributed by atoms with Crippen molar-refractivity contribution in [1.29, 1.82) is 0 Å². The Morgan fingerprint density at radius 2 is 2.12 bits per heavy atom. The van der Waals surface area contributed by atoms with Gasteiger partial charge in [-0.25, -0.2) is 0 Å². The van der Waals surface area contributed by atoms with E-state index in [1.54, 1.807) is 28.8 Å². The number of halogens is 2. The average molecular weight is 285 g/mol. The van der Waals surface area contributed by atoms with Gasteiger partial charge in [0.15, 0.2) is 0 Å². The van der Waals surface area contributed by atoms with Crippen LogP contribution in [0.1, 0.15) is 5.56 Å². The zero-order valence-electron chi connectivity index (χ0n) is 8.47. The number of thioether (sulfide) groups is 1. The third kappa shape index (κ3) is 2.06. The molecular weight excluding hydrogens is 279 g/mol. The van der Waals surface area contributed by atoms with E-state index in [-0.39, 0.29) is 0 Å². The van der Waals surface area contributed by atoms with E-state index in [0.717, 1.165) is 22.2 Å². The van der Waals surface area contributed by atoms with Crippen molar-refractivity contribution < 1.29 is 0 Å². The number of rotatable bonds is 1. The quantitative estimate of drug-likeness (QED) is 0.809. The minimum Gasteiger partial charge on any atom is -0.194 e. The number of fused-ring (bicyclic) bond motifs is 1. The summed E-state index contributed by atoms with van der Waals surface area (Å²) < 4.78 is 1.66. The van der Waals surface area contributed by atoms with Gasteiger partial charge in [0.2, 0.25) is 5.16 Å². The average Bonchev–Trinajstić information content (AvgIpc) is 2.79. The lowest BCUT2D eigenvalue weighted by molar-refractivity contribution is 0.756. The summed E-state index contributed by atoms with van der Waals surface area (Å²) in [6.45, 7) is 0. The largest absolute Gasteiger partial charge is 0.212 e. The van der Waals surface area contributed by atoms with Gasteiger partial charge in [-0.15, -0.1) is 10.2 Å². The first-order valence-corrected chi connectivity index (χ1v) is 6.54. The molecule has 0 spiro atoms. The Morgan fingerprint density at radius 1 is 1.24 bits per heavy atom. The molecule has 0 fully saturated rings. The Morgan fingerprint density at radius 3 is 2.94 bits per heavy atom. The molecule has 0 saturated heterocycles. The Balaban J connectivity index is 2.03. The van der Waals surface area contributed by atoms with Crippen molar-refractivity contribution in [2.75, 3.05) is 5.75 Å². The van der Waals surface area contributed by atoms with Gasteiger partial charge >= 0.3 is 0 Å². The monoisotopic (exact) mass is 284 g/mol. The van der Waals surface area contributed by atoms with Crippen molar-refractivity contribution in [1.82, 2.24) is 14.9 Å². The molecule has 0 unspecified atom stereocenters. The van der Waals surface area contributed by atoms with Crippen molar-refractivity contribution in [2.45, 2.75) is 5.16 Å². The van der Waals surface area contributed by atoms with E-state index in [1.165, 1.54) is 0 Å². The van der Waals surface area contributed by atoms with Gasteiger partial charge in [-0.05, 0) is 12.1 Å². The van der Waals surface area contributed by atoms with Crippen molar-refractivity contribution in [3.8, 4) is 0 Å². The van der Waals surface area contributed by atoms with Crippen molar-refractivity contribution in [3.05, 3.63) is 40.1 Å². The van der Waals surface area contributed by atoms with Gasteiger partial charge < -0.3 is 0 Å². The molecule has 7 heteroatoms.